The first-order valence-electron chi connectivity index (χ1n) is 7.11. The standard InChI is InChI=1S/C18H19ClNO2P/c1-11-9-15(19)14(7-8-23(4,5)6)10-16(11)20-17(21)12(2)13(3)18(20)22/h9-10H,4H2,1-3,5-6H3. The minimum Gasteiger partial charge on any atom is -0.269 e. The maximum absolute atomic E-state index is 12.4. The van der Waals surface area contributed by atoms with E-state index in [1.54, 1.807) is 26.0 Å². The van der Waals surface area contributed by atoms with Gasteiger partial charge in [-0.05, 0) is 58.7 Å². The number of benzene rings is 1. The highest BCUT2D eigenvalue weighted by molar-refractivity contribution is 7.77. The van der Waals surface area contributed by atoms with Gasteiger partial charge in [-0.25, -0.2) is 4.90 Å². The lowest BCUT2D eigenvalue weighted by Crippen LogP contribution is -2.32. The second-order valence-electron chi connectivity index (χ2n) is 6.24. The monoisotopic (exact) mass is 347 g/mol. The maximum Gasteiger partial charge on any atom is 0.261 e. The second kappa shape index (κ2) is 6.04. The molecule has 0 N–H and O–H groups in total. The number of hydrogen-bond acceptors (Lipinski definition) is 2. The zero-order chi connectivity index (χ0) is 17.5. The van der Waals surface area contributed by atoms with Gasteiger partial charge in [0.1, 0.15) is 0 Å². The van der Waals surface area contributed by atoms with Gasteiger partial charge >= 0.3 is 0 Å². The lowest BCUT2D eigenvalue weighted by atomic mass is 10.1. The summed E-state index contributed by atoms with van der Waals surface area (Å²) in [7, 11) is 0. The van der Waals surface area contributed by atoms with Crippen LogP contribution >= 0.6 is 18.5 Å². The van der Waals surface area contributed by atoms with Crippen molar-refractivity contribution in [3.63, 3.8) is 0 Å². The van der Waals surface area contributed by atoms with Crippen LogP contribution < -0.4 is 4.90 Å². The molecule has 1 aromatic rings. The quantitative estimate of drug-likeness (QED) is 0.439. The number of nitrogens with zero attached hydrogens (tertiary/aromatic N) is 1. The molecule has 2 amide bonds. The van der Waals surface area contributed by atoms with Crippen molar-refractivity contribution in [3.8, 4) is 11.6 Å². The normalized spacial score (nSPS) is 15.1. The van der Waals surface area contributed by atoms with E-state index in [0.29, 0.717) is 27.4 Å². The molecule has 0 aromatic heterocycles. The minimum atomic E-state index is -1.52. The fourth-order valence-corrected chi connectivity index (χ4v) is 2.87. The Morgan fingerprint density at radius 3 is 2.09 bits per heavy atom. The Hall–Kier alpha value is -1.75. The molecule has 2 rings (SSSR count). The Labute approximate surface area is 142 Å². The largest absolute Gasteiger partial charge is 0.269 e. The molecule has 120 valence electrons. The summed E-state index contributed by atoms with van der Waals surface area (Å²) in [4.78, 5) is 25.9. The average molecular weight is 348 g/mol. The summed E-state index contributed by atoms with van der Waals surface area (Å²) in [6.07, 6.45) is 4.05. The highest BCUT2D eigenvalue weighted by atomic mass is 35.5. The SMILES string of the molecule is C=P(C)(C)C#Cc1cc(N2C(=O)C(C)=C(C)C2=O)c(C)cc1Cl. The molecule has 1 aliphatic rings. The van der Waals surface area contributed by atoms with Crippen LogP contribution in [0.3, 0.4) is 0 Å². The van der Waals surface area contributed by atoms with Gasteiger partial charge in [-0.3, -0.25) is 9.59 Å². The number of carbonyl (C=O) groups excluding carboxylic acids is 2. The van der Waals surface area contributed by atoms with Crippen LogP contribution in [-0.4, -0.2) is 31.4 Å². The summed E-state index contributed by atoms with van der Waals surface area (Å²) in [5.41, 5.74) is 5.96. The van der Waals surface area contributed by atoms with E-state index in [2.05, 4.69) is 17.9 Å². The molecule has 0 bridgehead atoms. The van der Waals surface area contributed by atoms with Crippen LogP contribution in [0.2, 0.25) is 5.02 Å². The van der Waals surface area contributed by atoms with E-state index < -0.39 is 6.89 Å². The Bertz CT molecular complexity index is 841. The summed E-state index contributed by atoms with van der Waals surface area (Å²) in [6.45, 7) is 7.64. The van der Waals surface area contributed by atoms with Crippen LogP contribution in [0, 0.1) is 18.5 Å². The van der Waals surface area contributed by atoms with Crippen molar-refractivity contribution in [2.24, 2.45) is 0 Å². The van der Waals surface area contributed by atoms with Crippen molar-refractivity contribution < 1.29 is 9.59 Å². The number of imide groups is 1. The smallest absolute Gasteiger partial charge is 0.261 e. The molecular weight excluding hydrogens is 329 g/mol. The molecule has 1 aromatic carbocycles. The van der Waals surface area contributed by atoms with Gasteiger partial charge < -0.3 is 0 Å². The number of halogens is 1. The summed E-state index contributed by atoms with van der Waals surface area (Å²) in [5, 5.41) is 0.507. The van der Waals surface area contributed by atoms with E-state index in [0.717, 1.165) is 5.56 Å². The van der Waals surface area contributed by atoms with Crippen molar-refractivity contribution in [1.82, 2.24) is 0 Å². The van der Waals surface area contributed by atoms with E-state index in [1.807, 2.05) is 20.3 Å². The molecular formula is C18H19ClNO2P. The molecule has 0 spiro atoms. The van der Waals surface area contributed by atoms with Gasteiger partial charge in [0, 0.05) is 16.7 Å². The van der Waals surface area contributed by atoms with Gasteiger partial charge in [-0.1, -0.05) is 29.5 Å². The van der Waals surface area contributed by atoms with Gasteiger partial charge in [0.05, 0.1) is 10.7 Å². The van der Waals surface area contributed by atoms with Crippen molar-refractivity contribution in [1.29, 1.82) is 0 Å². The van der Waals surface area contributed by atoms with Gasteiger partial charge in [-0.2, -0.15) is 0 Å². The van der Waals surface area contributed by atoms with Crippen LogP contribution in [0.15, 0.2) is 23.3 Å². The molecule has 23 heavy (non-hydrogen) atoms. The molecule has 0 fully saturated rings. The molecule has 0 aliphatic carbocycles. The molecule has 0 atom stereocenters. The number of anilines is 1. The van der Waals surface area contributed by atoms with Gasteiger partial charge in [0.2, 0.25) is 0 Å². The van der Waals surface area contributed by atoms with Crippen molar-refractivity contribution in [2.45, 2.75) is 20.8 Å². The third-order valence-electron chi connectivity index (χ3n) is 3.63. The summed E-state index contributed by atoms with van der Waals surface area (Å²) >= 11 is 6.26. The molecule has 1 aliphatic heterocycles. The Morgan fingerprint density at radius 2 is 1.61 bits per heavy atom. The topological polar surface area (TPSA) is 37.4 Å². The van der Waals surface area contributed by atoms with Gasteiger partial charge in [0.15, 0.2) is 0 Å². The molecule has 1 heterocycles. The lowest BCUT2D eigenvalue weighted by molar-refractivity contribution is -0.120. The second-order valence-corrected chi connectivity index (χ2v) is 10.2. The van der Waals surface area contributed by atoms with Crippen molar-refractivity contribution >= 4 is 42.3 Å². The van der Waals surface area contributed by atoms with Crippen LogP contribution in [0.25, 0.3) is 0 Å². The first-order valence-corrected chi connectivity index (χ1v) is 10.4. The molecule has 0 radical (unpaired) electrons. The van der Waals surface area contributed by atoms with Crippen molar-refractivity contribution in [3.05, 3.63) is 39.4 Å². The zero-order valence-corrected chi connectivity index (χ0v) is 15.6. The van der Waals surface area contributed by atoms with E-state index in [9.17, 15) is 9.59 Å². The fourth-order valence-electron chi connectivity index (χ4n) is 2.18. The van der Waals surface area contributed by atoms with Crippen molar-refractivity contribution in [2.75, 3.05) is 18.2 Å². The Morgan fingerprint density at radius 1 is 1.09 bits per heavy atom. The Kier molecular flexibility index (Phi) is 4.62. The molecule has 0 unspecified atom stereocenters. The first-order chi connectivity index (χ1) is 10.5. The first kappa shape index (κ1) is 17.6. The predicted octanol–water partition coefficient (Wildman–Crippen LogP) is 3.88. The highest BCUT2D eigenvalue weighted by Gasteiger charge is 2.35. The average Bonchev–Trinajstić information content (AvgIpc) is 2.62. The fraction of sp³-hybridized carbons (Fsp3) is 0.278. The minimum absolute atomic E-state index is 0.290. The third kappa shape index (κ3) is 3.44. The lowest BCUT2D eigenvalue weighted by Gasteiger charge is -2.18. The van der Waals surface area contributed by atoms with E-state index in [4.69, 9.17) is 11.6 Å². The Balaban J connectivity index is 2.57. The van der Waals surface area contributed by atoms with Crippen LogP contribution in [0.1, 0.15) is 25.0 Å². The molecule has 0 saturated heterocycles. The number of hydrogen-bond donors (Lipinski definition) is 0. The molecule has 3 nitrogen and oxygen atoms in total. The summed E-state index contributed by atoms with van der Waals surface area (Å²) < 4.78 is 0. The zero-order valence-electron chi connectivity index (χ0n) is 14.0. The van der Waals surface area contributed by atoms with Crippen LogP contribution in [-0.2, 0) is 9.59 Å². The third-order valence-corrected chi connectivity index (χ3v) is 4.66. The summed E-state index contributed by atoms with van der Waals surface area (Å²) in [5.74, 6) is 2.46. The summed E-state index contributed by atoms with van der Waals surface area (Å²) in [6, 6.07) is 3.45. The van der Waals surface area contributed by atoms with E-state index >= 15 is 0 Å². The number of amides is 2. The molecule has 5 heteroatoms. The van der Waals surface area contributed by atoms with Gasteiger partial charge in [0.25, 0.3) is 11.8 Å². The van der Waals surface area contributed by atoms with Gasteiger partial charge in [-0.15, -0.1) is 0 Å². The van der Waals surface area contributed by atoms with Crippen LogP contribution in [0.4, 0.5) is 5.69 Å². The number of aryl methyl sites for hydroxylation is 1. The maximum atomic E-state index is 12.4. The predicted molar refractivity (Wildman–Crippen MR) is 99.8 cm³/mol. The van der Waals surface area contributed by atoms with E-state index in [1.165, 1.54) is 4.90 Å². The van der Waals surface area contributed by atoms with E-state index in [-0.39, 0.29) is 11.8 Å². The number of carbonyl (C=O) groups is 2. The number of rotatable bonds is 1. The molecule has 0 saturated carbocycles. The van der Waals surface area contributed by atoms with Crippen LogP contribution in [0.5, 0.6) is 0 Å². The highest BCUT2D eigenvalue weighted by Crippen LogP contribution is 2.35.